The van der Waals surface area contributed by atoms with E-state index in [1.165, 1.54) is 17.7 Å². The van der Waals surface area contributed by atoms with E-state index in [-0.39, 0.29) is 5.75 Å². The summed E-state index contributed by atoms with van der Waals surface area (Å²) in [6.45, 7) is 3.70. The van der Waals surface area contributed by atoms with E-state index in [1.54, 1.807) is 30.0 Å². The summed E-state index contributed by atoms with van der Waals surface area (Å²) >= 11 is 1.61. The van der Waals surface area contributed by atoms with Crippen LogP contribution < -0.4 is 4.90 Å². The van der Waals surface area contributed by atoms with E-state index in [9.17, 15) is 18.3 Å². The van der Waals surface area contributed by atoms with Gasteiger partial charge in [0.1, 0.15) is 5.75 Å². The molecule has 0 aromatic heterocycles. The third kappa shape index (κ3) is 5.54. The lowest BCUT2D eigenvalue weighted by molar-refractivity contribution is -0.137. The van der Waals surface area contributed by atoms with Crippen molar-refractivity contribution < 1.29 is 18.3 Å². The van der Waals surface area contributed by atoms with Crippen molar-refractivity contribution in [2.24, 2.45) is 0 Å². The summed E-state index contributed by atoms with van der Waals surface area (Å²) in [7, 11) is 0. The second-order valence-electron chi connectivity index (χ2n) is 7.52. The number of aromatic hydroxyl groups is 1. The molecule has 3 aromatic rings. The molecule has 0 bridgehead atoms. The van der Waals surface area contributed by atoms with Gasteiger partial charge in [-0.1, -0.05) is 42.1 Å². The van der Waals surface area contributed by atoms with Crippen LogP contribution in [0.15, 0.2) is 82.6 Å². The quantitative estimate of drug-likeness (QED) is 0.531. The van der Waals surface area contributed by atoms with Crippen molar-refractivity contribution in [2.75, 3.05) is 31.1 Å². The average molecular weight is 445 g/mol. The number of hydrogen-bond donors (Lipinski definition) is 1. The molecule has 31 heavy (non-hydrogen) atoms. The van der Waals surface area contributed by atoms with Gasteiger partial charge in [-0.05, 0) is 48.0 Å². The third-order valence-electron chi connectivity index (χ3n) is 5.32. The average Bonchev–Trinajstić information content (AvgIpc) is 2.75. The molecule has 0 radical (unpaired) electrons. The van der Waals surface area contributed by atoms with E-state index in [0.29, 0.717) is 18.8 Å². The standard InChI is InChI=1S/C24H23F3N2OS/c25-24(26,27)19-6-3-7-20(15-19)29-13-11-28(12-14-29)17-18-5-1-2-10-23(18)31-22-9-4-8-21(30)16-22/h1-10,15-16,30H,11-14,17H2. The number of hydrogen-bond acceptors (Lipinski definition) is 4. The van der Waals surface area contributed by atoms with Gasteiger partial charge >= 0.3 is 6.18 Å². The lowest BCUT2D eigenvalue weighted by Crippen LogP contribution is -2.46. The number of phenols is 1. The van der Waals surface area contributed by atoms with E-state index < -0.39 is 11.7 Å². The number of phenolic OH excluding ortho intramolecular Hbond substituents is 1. The van der Waals surface area contributed by atoms with Crippen LogP contribution in [0.25, 0.3) is 0 Å². The van der Waals surface area contributed by atoms with Crippen molar-refractivity contribution in [2.45, 2.75) is 22.5 Å². The summed E-state index contributed by atoms with van der Waals surface area (Å²) in [5.41, 5.74) is 1.21. The number of piperazine rings is 1. The fourth-order valence-corrected chi connectivity index (χ4v) is 4.68. The van der Waals surface area contributed by atoms with Crippen LogP contribution in [0, 0.1) is 0 Å². The molecular weight excluding hydrogens is 421 g/mol. The molecule has 1 aliphatic rings. The Bertz CT molecular complexity index is 1030. The third-order valence-corrected chi connectivity index (χ3v) is 6.43. The van der Waals surface area contributed by atoms with Crippen LogP contribution in [-0.4, -0.2) is 36.2 Å². The molecular formula is C24H23F3N2OS. The van der Waals surface area contributed by atoms with Gasteiger partial charge in [0.2, 0.25) is 0 Å². The van der Waals surface area contributed by atoms with Gasteiger partial charge in [0, 0.05) is 48.2 Å². The van der Waals surface area contributed by atoms with Crippen LogP contribution >= 0.6 is 11.8 Å². The first-order valence-corrected chi connectivity index (χ1v) is 10.9. The Morgan fingerprint density at radius 1 is 0.839 bits per heavy atom. The number of alkyl halides is 3. The second-order valence-corrected chi connectivity index (χ2v) is 8.63. The zero-order chi connectivity index (χ0) is 21.8. The topological polar surface area (TPSA) is 26.7 Å². The maximum Gasteiger partial charge on any atom is 0.416 e. The largest absolute Gasteiger partial charge is 0.508 e. The smallest absolute Gasteiger partial charge is 0.416 e. The number of benzene rings is 3. The molecule has 1 saturated heterocycles. The van der Waals surface area contributed by atoms with Crippen LogP contribution in [0.5, 0.6) is 5.75 Å². The Balaban J connectivity index is 1.40. The zero-order valence-electron chi connectivity index (χ0n) is 16.8. The first-order chi connectivity index (χ1) is 14.9. The maximum absolute atomic E-state index is 13.0. The minimum Gasteiger partial charge on any atom is -0.508 e. The van der Waals surface area contributed by atoms with Crippen molar-refractivity contribution in [3.05, 3.63) is 83.9 Å². The van der Waals surface area contributed by atoms with E-state index in [1.807, 2.05) is 29.2 Å². The summed E-state index contributed by atoms with van der Waals surface area (Å²) in [6.07, 6.45) is -4.32. The van der Waals surface area contributed by atoms with Gasteiger partial charge in [0.15, 0.2) is 0 Å². The number of halogens is 3. The highest BCUT2D eigenvalue weighted by molar-refractivity contribution is 7.99. The predicted molar refractivity (Wildman–Crippen MR) is 118 cm³/mol. The highest BCUT2D eigenvalue weighted by Crippen LogP contribution is 2.34. The fraction of sp³-hybridized carbons (Fsp3) is 0.250. The summed E-state index contributed by atoms with van der Waals surface area (Å²) in [5, 5.41) is 9.71. The molecule has 1 aliphatic heterocycles. The van der Waals surface area contributed by atoms with Crippen molar-refractivity contribution in [3.63, 3.8) is 0 Å². The van der Waals surface area contributed by atoms with Crippen LogP contribution in [-0.2, 0) is 12.7 Å². The monoisotopic (exact) mass is 444 g/mol. The molecule has 3 nitrogen and oxygen atoms in total. The molecule has 1 fully saturated rings. The molecule has 0 atom stereocenters. The first-order valence-electron chi connectivity index (χ1n) is 10.1. The van der Waals surface area contributed by atoms with Crippen molar-refractivity contribution in [3.8, 4) is 5.75 Å². The molecule has 0 aliphatic carbocycles. The van der Waals surface area contributed by atoms with Crippen molar-refractivity contribution in [1.82, 2.24) is 4.90 Å². The van der Waals surface area contributed by atoms with Crippen molar-refractivity contribution in [1.29, 1.82) is 0 Å². The molecule has 0 spiro atoms. The van der Waals surface area contributed by atoms with E-state index in [4.69, 9.17) is 0 Å². The van der Waals surface area contributed by atoms with Crippen LogP contribution in [0.1, 0.15) is 11.1 Å². The second kappa shape index (κ2) is 9.24. The molecule has 1 N–H and O–H groups in total. The van der Waals surface area contributed by atoms with E-state index >= 15 is 0 Å². The molecule has 0 unspecified atom stereocenters. The van der Waals surface area contributed by atoms with Gasteiger partial charge in [-0.2, -0.15) is 13.2 Å². The van der Waals surface area contributed by atoms with Gasteiger partial charge in [0.25, 0.3) is 0 Å². The van der Waals surface area contributed by atoms with Crippen LogP contribution in [0.3, 0.4) is 0 Å². The molecule has 0 amide bonds. The summed E-state index contributed by atoms with van der Waals surface area (Å²) < 4.78 is 39.0. The highest BCUT2D eigenvalue weighted by atomic mass is 32.2. The van der Waals surface area contributed by atoms with E-state index in [0.717, 1.165) is 35.5 Å². The summed E-state index contributed by atoms with van der Waals surface area (Å²) in [5.74, 6) is 0.244. The molecule has 7 heteroatoms. The SMILES string of the molecule is Oc1cccc(Sc2ccccc2CN2CCN(c3cccc(C(F)(F)F)c3)CC2)c1. The zero-order valence-corrected chi connectivity index (χ0v) is 17.7. The Labute approximate surface area is 184 Å². The molecule has 4 rings (SSSR count). The Morgan fingerprint density at radius 3 is 2.32 bits per heavy atom. The minimum absolute atomic E-state index is 0.244. The number of anilines is 1. The van der Waals surface area contributed by atoms with Crippen LogP contribution in [0.2, 0.25) is 0 Å². The Hall–Kier alpha value is -2.64. The molecule has 1 heterocycles. The van der Waals surface area contributed by atoms with Gasteiger partial charge < -0.3 is 10.0 Å². The Morgan fingerprint density at radius 2 is 1.58 bits per heavy atom. The molecule has 3 aromatic carbocycles. The lowest BCUT2D eigenvalue weighted by atomic mass is 10.1. The lowest BCUT2D eigenvalue weighted by Gasteiger charge is -2.36. The molecule has 162 valence electrons. The minimum atomic E-state index is -4.32. The fourth-order valence-electron chi connectivity index (χ4n) is 3.69. The summed E-state index contributed by atoms with van der Waals surface area (Å²) in [4.78, 5) is 6.45. The van der Waals surface area contributed by atoms with Gasteiger partial charge in [-0.25, -0.2) is 0 Å². The van der Waals surface area contributed by atoms with Crippen LogP contribution in [0.4, 0.5) is 18.9 Å². The van der Waals surface area contributed by atoms with Gasteiger partial charge in [-0.3, -0.25) is 4.90 Å². The van der Waals surface area contributed by atoms with E-state index in [2.05, 4.69) is 17.0 Å². The first kappa shape index (κ1) is 21.6. The van der Waals surface area contributed by atoms with Gasteiger partial charge in [0.05, 0.1) is 5.56 Å². The normalized spacial score (nSPS) is 15.3. The molecule has 0 saturated carbocycles. The van der Waals surface area contributed by atoms with Gasteiger partial charge in [-0.15, -0.1) is 0 Å². The number of rotatable bonds is 5. The van der Waals surface area contributed by atoms with Crippen molar-refractivity contribution >= 4 is 17.4 Å². The number of nitrogens with zero attached hydrogens (tertiary/aromatic N) is 2. The predicted octanol–water partition coefficient (Wildman–Crippen LogP) is 5.88. The maximum atomic E-state index is 13.0. The highest BCUT2D eigenvalue weighted by Gasteiger charge is 2.31. The Kier molecular flexibility index (Phi) is 6.43. The summed E-state index contributed by atoms with van der Waals surface area (Å²) in [6, 6.07) is 20.9.